The van der Waals surface area contributed by atoms with E-state index in [0.717, 1.165) is 10.4 Å². The number of hydrogen-bond donors (Lipinski definition) is 1. The lowest BCUT2D eigenvalue weighted by Gasteiger charge is -2.13. The summed E-state index contributed by atoms with van der Waals surface area (Å²) in [4.78, 5) is 29.9. The lowest BCUT2D eigenvalue weighted by atomic mass is 10.2. The molecule has 4 rings (SSSR count). The SMILES string of the molecule is CCOc1ccc(C(=O)Nn2cnc3c(cnn3-c3ccccc3)c2=O)cc1OCC. The maximum absolute atomic E-state index is 12.9. The summed E-state index contributed by atoms with van der Waals surface area (Å²) >= 11 is 0. The second kappa shape index (κ2) is 8.70. The van der Waals surface area contributed by atoms with Crippen molar-refractivity contribution in [2.45, 2.75) is 13.8 Å². The summed E-state index contributed by atoms with van der Waals surface area (Å²) in [5, 5.41) is 4.55. The predicted molar refractivity (Wildman–Crippen MR) is 116 cm³/mol. The molecule has 0 aliphatic carbocycles. The number of fused-ring (bicyclic) bond motifs is 1. The van der Waals surface area contributed by atoms with E-state index in [1.165, 1.54) is 12.5 Å². The Morgan fingerprint density at radius 3 is 2.52 bits per heavy atom. The fraction of sp³-hybridized carbons (Fsp3) is 0.182. The summed E-state index contributed by atoms with van der Waals surface area (Å²) in [5.41, 5.74) is 3.63. The fourth-order valence-electron chi connectivity index (χ4n) is 3.12. The molecule has 158 valence electrons. The summed E-state index contributed by atoms with van der Waals surface area (Å²) < 4.78 is 13.7. The van der Waals surface area contributed by atoms with Crippen LogP contribution in [0, 0.1) is 0 Å². The molecule has 0 radical (unpaired) electrons. The van der Waals surface area contributed by atoms with Crippen molar-refractivity contribution in [3.05, 3.63) is 77.0 Å². The molecular weight excluding hydrogens is 398 g/mol. The van der Waals surface area contributed by atoms with Crippen LogP contribution in [0.1, 0.15) is 24.2 Å². The van der Waals surface area contributed by atoms with Crippen molar-refractivity contribution in [1.82, 2.24) is 19.4 Å². The Bertz CT molecular complexity index is 1280. The van der Waals surface area contributed by atoms with E-state index in [9.17, 15) is 9.59 Å². The van der Waals surface area contributed by atoms with Gasteiger partial charge in [0.15, 0.2) is 17.1 Å². The first-order valence-corrected chi connectivity index (χ1v) is 9.84. The highest BCUT2D eigenvalue weighted by Gasteiger charge is 2.15. The van der Waals surface area contributed by atoms with E-state index in [2.05, 4.69) is 15.5 Å². The molecule has 2 aromatic carbocycles. The highest BCUT2D eigenvalue weighted by Crippen LogP contribution is 2.28. The van der Waals surface area contributed by atoms with Gasteiger partial charge in [0.05, 0.1) is 25.1 Å². The second-order valence-electron chi connectivity index (χ2n) is 6.52. The van der Waals surface area contributed by atoms with Crippen LogP contribution in [0.3, 0.4) is 0 Å². The minimum atomic E-state index is -0.484. The average molecular weight is 419 g/mol. The molecular formula is C22H21N5O4. The van der Waals surface area contributed by atoms with Gasteiger partial charge in [0.1, 0.15) is 11.7 Å². The van der Waals surface area contributed by atoms with Crippen molar-refractivity contribution in [2.75, 3.05) is 18.6 Å². The van der Waals surface area contributed by atoms with Crippen LogP contribution in [0.15, 0.2) is 65.8 Å². The minimum absolute atomic E-state index is 0.286. The monoisotopic (exact) mass is 419 g/mol. The molecule has 0 aliphatic heterocycles. The quantitative estimate of drug-likeness (QED) is 0.494. The molecule has 0 aliphatic rings. The van der Waals surface area contributed by atoms with Crippen molar-refractivity contribution in [2.24, 2.45) is 0 Å². The van der Waals surface area contributed by atoms with Crippen LogP contribution in [0.5, 0.6) is 11.5 Å². The largest absolute Gasteiger partial charge is 0.490 e. The molecule has 2 aromatic heterocycles. The van der Waals surface area contributed by atoms with Crippen LogP contribution in [-0.4, -0.2) is 38.6 Å². The van der Waals surface area contributed by atoms with Gasteiger partial charge in [-0.25, -0.2) is 14.3 Å². The Hall–Kier alpha value is -4.14. The van der Waals surface area contributed by atoms with Crippen molar-refractivity contribution in [3.8, 4) is 17.2 Å². The van der Waals surface area contributed by atoms with Crippen molar-refractivity contribution in [1.29, 1.82) is 0 Å². The zero-order valence-electron chi connectivity index (χ0n) is 17.1. The number of ether oxygens (including phenoxy) is 2. The molecule has 0 unspecified atom stereocenters. The third kappa shape index (κ3) is 3.97. The highest BCUT2D eigenvalue weighted by molar-refractivity contribution is 6.00. The number of rotatable bonds is 7. The molecule has 9 nitrogen and oxygen atoms in total. The minimum Gasteiger partial charge on any atom is -0.490 e. The van der Waals surface area contributed by atoms with Crippen molar-refractivity contribution in [3.63, 3.8) is 0 Å². The number of hydrogen-bond acceptors (Lipinski definition) is 6. The first-order valence-electron chi connectivity index (χ1n) is 9.84. The number of benzene rings is 2. The van der Waals surface area contributed by atoms with Gasteiger partial charge in [-0.2, -0.15) is 5.10 Å². The summed E-state index contributed by atoms with van der Waals surface area (Å²) in [6.07, 6.45) is 2.70. The lowest BCUT2D eigenvalue weighted by Crippen LogP contribution is -2.33. The van der Waals surface area contributed by atoms with Gasteiger partial charge in [0, 0.05) is 5.56 Å². The summed E-state index contributed by atoms with van der Waals surface area (Å²) in [6, 6.07) is 14.2. The topological polar surface area (TPSA) is 100 Å². The Morgan fingerprint density at radius 2 is 1.77 bits per heavy atom. The van der Waals surface area contributed by atoms with E-state index in [0.29, 0.717) is 35.9 Å². The average Bonchev–Trinajstić information content (AvgIpc) is 3.22. The van der Waals surface area contributed by atoms with Crippen LogP contribution >= 0.6 is 0 Å². The van der Waals surface area contributed by atoms with E-state index in [1.54, 1.807) is 22.9 Å². The molecule has 0 saturated carbocycles. The Kier molecular flexibility index (Phi) is 5.65. The van der Waals surface area contributed by atoms with E-state index in [4.69, 9.17) is 9.47 Å². The molecule has 1 amide bonds. The van der Waals surface area contributed by atoms with E-state index < -0.39 is 11.5 Å². The molecule has 0 saturated heterocycles. The molecule has 1 N–H and O–H groups in total. The van der Waals surface area contributed by atoms with Crippen LogP contribution in [0.2, 0.25) is 0 Å². The van der Waals surface area contributed by atoms with Gasteiger partial charge in [-0.05, 0) is 44.2 Å². The zero-order chi connectivity index (χ0) is 21.8. The van der Waals surface area contributed by atoms with Crippen LogP contribution in [0.4, 0.5) is 0 Å². The first kappa shape index (κ1) is 20.1. The third-order valence-electron chi connectivity index (χ3n) is 4.52. The van der Waals surface area contributed by atoms with Gasteiger partial charge in [-0.1, -0.05) is 18.2 Å². The van der Waals surface area contributed by atoms with Crippen LogP contribution in [0.25, 0.3) is 16.7 Å². The standard InChI is InChI=1S/C22H21N5O4/c1-3-30-18-11-10-15(12-19(18)31-4-2)21(28)25-26-14-23-20-17(22(26)29)13-24-27(20)16-8-6-5-7-9-16/h5-14H,3-4H2,1-2H3,(H,25,28). The molecule has 31 heavy (non-hydrogen) atoms. The summed E-state index contributed by atoms with van der Waals surface area (Å²) in [6.45, 7) is 4.62. The number of nitrogens with one attached hydrogen (secondary N) is 1. The normalized spacial score (nSPS) is 10.8. The molecule has 9 heteroatoms. The number of aromatic nitrogens is 4. The number of amides is 1. The fourth-order valence-corrected chi connectivity index (χ4v) is 3.12. The van der Waals surface area contributed by atoms with Gasteiger partial charge in [-0.3, -0.25) is 15.0 Å². The maximum atomic E-state index is 12.9. The summed E-state index contributed by atoms with van der Waals surface area (Å²) in [5.74, 6) is 0.527. The Labute approximate surface area is 177 Å². The van der Waals surface area contributed by atoms with Crippen LogP contribution in [-0.2, 0) is 0 Å². The number of carbonyl (C=O) groups is 1. The van der Waals surface area contributed by atoms with E-state index >= 15 is 0 Å². The number of carbonyl (C=O) groups excluding carboxylic acids is 1. The van der Waals surface area contributed by atoms with Gasteiger partial charge in [-0.15, -0.1) is 0 Å². The lowest BCUT2D eigenvalue weighted by molar-refractivity contribution is 0.101. The molecule has 0 atom stereocenters. The first-order chi connectivity index (χ1) is 15.1. The van der Waals surface area contributed by atoms with Crippen molar-refractivity contribution < 1.29 is 14.3 Å². The Morgan fingerprint density at radius 1 is 1.03 bits per heavy atom. The molecule has 2 heterocycles. The molecule has 0 bridgehead atoms. The molecule has 0 spiro atoms. The zero-order valence-corrected chi connectivity index (χ0v) is 17.1. The predicted octanol–water partition coefficient (Wildman–Crippen LogP) is 2.76. The third-order valence-corrected chi connectivity index (χ3v) is 4.52. The van der Waals surface area contributed by atoms with Gasteiger partial charge in [0.25, 0.3) is 11.5 Å². The second-order valence-corrected chi connectivity index (χ2v) is 6.52. The number of para-hydroxylation sites is 1. The van der Waals surface area contributed by atoms with E-state index in [-0.39, 0.29) is 5.39 Å². The van der Waals surface area contributed by atoms with Gasteiger partial charge >= 0.3 is 0 Å². The maximum Gasteiger partial charge on any atom is 0.283 e. The van der Waals surface area contributed by atoms with Gasteiger partial charge in [0.2, 0.25) is 0 Å². The van der Waals surface area contributed by atoms with Gasteiger partial charge < -0.3 is 9.47 Å². The van der Waals surface area contributed by atoms with Crippen molar-refractivity contribution >= 4 is 16.9 Å². The van der Waals surface area contributed by atoms with Crippen LogP contribution < -0.4 is 20.5 Å². The van der Waals surface area contributed by atoms with E-state index in [1.807, 2.05) is 44.2 Å². The molecule has 4 aromatic rings. The molecule has 0 fully saturated rings. The highest BCUT2D eigenvalue weighted by atomic mass is 16.5. The number of nitrogens with zero attached hydrogens (tertiary/aromatic N) is 4. The Balaban J connectivity index is 1.63. The smallest absolute Gasteiger partial charge is 0.283 e. The summed E-state index contributed by atoms with van der Waals surface area (Å²) in [7, 11) is 0.